The molecule has 1 N–H and O–H groups in total. The predicted molar refractivity (Wildman–Crippen MR) is 75.4 cm³/mol. The molecule has 118 valence electrons. The summed E-state index contributed by atoms with van der Waals surface area (Å²) in [6.45, 7) is 0. The van der Waals surface area contributed by atoms with Crippen molar-refractivity contribution in [1.29, 1.82) is 0 Å². The van der Waals surface area contributed by atoms with Crippen LogP contribution in [0.25, 0.3) is 5.65 Å². The van der Waals surface area contributed by atoms with Gasteiger partial charge in [0.2, 0.25) is 5.78 Å². The number of aromatic nitrogens is 3. The van der Waals surface area contributed by atoms with Gasteiger partial charge in [0.1, 0.15) is 5.65 Å². The Kier molecular flexibility index (Phi) is 3.60. The second-order valence-electron chi connectivity index (χ2n) is 4.43. The van der Waals surface area contributed by atoms with E-state index in [9.17, 15) is 22.8 Å². The zero-order valence-corrected chi connectivity index (χ0v) is 12.0. The first-order valence-corrected chi connectivity index (χ1v) is 7.04. The topological polar surface area (TPSA) is 76.4 Å². The molecule has 0 aliphatic carbocycles. The molecular weight excluding hydrogens is 333 g/mol. The fraction of sp³-hybridized carbons (Fsp3) is 0.0769. The number of pyridine rings is 1. The van der Waals surface area contributed by atoms with E-state index in [1.807, 2.05) is 0 Å². The summed E-state index contributed by atoms with van der Waals surface area (Å²) in [5.41, 5.74) is 0.594. The van der Waals surface area contributed by atoms with Crippen LogP contribution in [0.15, 0.2) is 36.1 Å². The number of amides is 1. The summed E-state index contributed by atoms with van der Waals surface area (Å²) in [4.78, 5) is 30.8. The number of alkyl halides is 3. The van der Waals surface area contributed by atoms with Crippen LogP contribution in [0.4, 0.5) is 19.0 Å². The first-order valence-electron chi connectivity index (χ1n) is 6.16. The van der Waals surface area contributed by atoms with Gasteiger partial charge in [-0.3, -0.25) is 9.59 Å². The number of ketones is 1. The Bertz CT molecular complexity index is 886. The molecule has 0 atom stereocenters. The average Bonchev–Trinajstić information content (AvgIpc) is 3.13. The van der Waals surface area contributed by atoms with E-state index in [-0.39, 0.29) is 17.2 Å². The highest BCUT2D eigenvalue weighted by molar-refractivity contribution is 7.11. The Hall–Kier alpha value is -2.75. The minimum Gasteiger partial charge on any atom is -0.304 e. The molecule has 3 heterocycles. The number of carbonyl (C=O) groups excluding carboxylic acids is 2. The smallest absolute Gasteiger partial charge is 0.304 e. The lowest BCUT2D eigenvalue weighted by atomic mass is 10.2. The number of imidazole rings is 1. The lowest BCUT2D eigenvalue weighted by Gasteiger charge is -2.04. The Morgan fingerprint density at radius 2 is 2.00 bits per heavy atom. The van der Waals surface area contributed by atoms with Crippen molar-refractivity contribution in [2.75, 3.05) is 5.32 Å². The molecule has 0 fully saturated rings. The summed E-state index contributed by atoms with van der Waals surface area (Å²) in [6, 6.07) is 2.95. The molecule has 0 saturated carbocycles. The number of hydrogen-bond donors (Lipinski definition) is 1. The summed E-state index contributed by atoms with van der Waals surface area (Å²) < 4.78 is 38.0. The molecule has 0 aromatic carbocycles. The third kappa shape index (κ3) is 3.06. The highest BCUT2D eigenvalue weighted by atomic mass is 32.1. The zero-order chi connectivity index (χ0) is 16.6. The minimum atomic E-state index is -5.00. The molecule has 3 rings (SSSR count). The number of rotatable bonds is 3. The van der Waals surface area contributed by atoms with E-state index in [4.69, 9.17) is 0 Å². The average molecular weight is 340 g/mol. The Morgan fingerprint density at radius 1 is 1.22 bits per heavy atom. The molecule has 3 aromatic rings. The summed E-state index contributed by atoms with van der Waals surface area (Å²) in [6.07, 6.45) is -0.896. The molecule has 0 spiro atoms. The van der Waals surface area contributed by atoms with Crippen LogP contribution >= 0.6 is 11.3 Å². The van der Waals surface area contributed by atoms with Crippen LogP contribution in [0.2, 0.25) is 0 Å². The Balaban J connectivity index is 1.89. The molecule has 1 amide bonds. The largest absolute Gasteiger partial charge is 0.471 e. The van der Waals surface area contributed by atoms with Crippen molar-refractivity contribution in [2.45, 2.75) is 6.18 Å². The fourth-order valence-corrected chi connectivity index (χ4v) is 2.43. The van der Waals surface area contributed by atoms with E-state index in [2.05, 4.69) is 9.97 Å². The SMILES string of the molecule is O=C(c1ccc2nc(NC(=O)C(F)(F)F)cn2c1)c1nccs1. The fourth-order valence-electron chi connectivity index (χ4n) is 1.83. The van der Waals surface area contributed by atoms with Crippen molar-refractivity contribution in [3.8, 4) is 0 Å². The quantitative estimate of drug-likeness (QED) is 0.744. The molecular formula is C13H7F3N4O2S. The number of nitrogens with zero attached hydrogens (tertiary/aromatic N) is 3. The number of halogens is 3. The summed E-state index contributed by atoms with van der Waals surface area (Å²) in [5.74, 6) is -2.68. The number of nitrogens with one attached hydrogen (secondary N) is 1. The zero-order valence-electron chi connectivity index (χ0n) is 11.2. The minimum absolute atomic E-state index is 0.258. The van der Waals surface area contributed by atoms with Crippen LogP contribution in [-0.4, -0.2) is 32.2 Å². The monoisotopic (exact) mass is 340 g/mol. The van der Waals surface area contributed by atoms with Crippen LogP contribution in [0.5, 0.6) is 0 Å². The van der Waals surface area contributed by atoms with Gasteiger partial charge in [0.05, 0.1) is 6.20 Å². The molecule has 0 aliphatic rings. The first kappa shape index (κ1) is 15.2. The molecule has 0 aliphatic heterocycles. The van der Waals surface area contributed by atoms with Gasteiger partial charge in [-0.15, -0.1) is 11.3 Å². The highest BCUT2D eigenvalue weighted by Gasteiger charge is 2.39. The van der Waals surface area contributed by atoms with Crippen LogP contribution in [0.3, 0.4) is 0 Å². The van der Waals surface area contributed by atoms with Gasteiger partial charge in [-0.2, -0.15) is 13.2 Å². The van der Waals surface area contributed by atoms with Gasteiger partial charge in [-0.1, -0.05) is 0 Å². The molecule has 6 nitrogen and oxygen atoms in total. The molecule has 3 aromatic heterocycles. The normalized spacial score (nSPS) is 11.6. The summed E-state index contributed by atoms with van der Waals surface area (Å²) >= 11 is 1.18. The third-order valence-electron chi connectivity index (χ3n) is 2.84. The van der Waals surface area contributed by atoms with Crippen LogP contribution in [0, 0.1) is 0 Å². The number of carbonyl (C=O) groups is 2. The van der Waals surface area contributed by atoms with Crippen molar-refractivity contribution in [1.82, 2.24) is 14.4 Å². The van der Waals surface area contributed by atoms with Gasteiger partial charge in [-0.05, 0) is 12.1 Å². The molecule has 10 heteroatoms. The second kappa shape index (κ2) is 5.47. The van der Waals surface area contributed by atoms with Gasteiger partial charge in [-0.25, -0.2) is 9.97 Å². The standard InChI is InChI=1S/C13H7F3N4O2S/c14-13(15,16)12(22)19-8-6-20-5-7(1-2-9(20)18-8)10(21)11-17-3-4-23-11/h1-6H,(H,19,22). The van der Waals surface area contributed by atoms with E-state index < -0.39 is 12.1 Å². The van der Waals surface area contributed by atoms with E-state index in [0.717, 1.165) is 0 Å². The number of hydrogen-bond acceptors (Lipinski definition) is 5. The van der Waals surface area contributed by atoms with E-state index in [0.29, 0.717) is 10.6 Å². The van der Waals surface area contributed by atoms with Crippen LogP contribution in [-0.2, 0) is 4.79 Å². The highest BCUT2D eigenvalue weighted by Crippen LogP contribution is 2.19. The third-order valence-corrected chi connectivity index (χ3v) is 3.61. The van der Waals surface area contributed by atoms with E-state index in [1.54, 1.807) is 10.7 Å². The summed E-state index contributed by atoms with van der Waals surface area (Å²) in [5, 5.41) is 3.62. The van der Waals surface area contributed by atoms with Gasteiger partial charge in [0, 0.05) is 23.3 Å². The molecule has 0 bridgehead atoms. The molecule has 0 saturated heterocycles. The molecule has 23 heavy (non-hydrogen) atoms. The number of anilines is 1. The maximum absolute atomic E-state index is 12.2. The van der Waals surface area contributed by atoms with E-state index >= 15 is 0 Å². The van der Waals surface area contributed by atoms with Gasteiger partial charge in [0.25, 0.3) is 0 Å². The predicted octanol–water partition coefficient (Wildman–Crippen LogP) is 2.52. The van der Waals surface area contributed by atoms with Crippen molar-refractivity contribution in [3.05, 3.63) is 46.7 Å². The van der Waals surface area contributed by atoms with Crippen molar-refractivity contribution in [2.24, 2.45) is 0 Å². The van der Waals surface area contributed by atoms with Crippen molar-refractivity contribution in [3.63, 3.8) is 0 Å². The van der Waals surface area contributed by atoms with Crippen LogP contribution < -0.4 is 5.32 Å². The van der Waals surface area contributed by atoms with Crippen molar-refractivity contribution >= 4 is 34.5 Å². The van der Waals surface area contributed by atoms with Gasteiger partial charge >= 0.3 is 12.1 Å². The van der Waals surface area contributed by atoms with E-state index in [1.165, 1.54) is 46.5 Å². The molecule has 0 radical (unpaired) electrons. The maximum atomic E-state index is 12.2. The first-order chi connectivity index (χ1) is 10.8. The maximum Gasteiger partial charge on any atom is 0.471 e. The molecule has 0 unspecified atom stereocenters. The number of thiazole rings is 1. The number of fused-ring (bicyclic) bond motifs is 1. The second-order valence-corrected chi connectivity index (χ2v) is 5.32. The van der Waals surface area contributed by atoms with Gasteiger partial charge in [0.15, 0.2) is 10.8 Å². The lowest BCUT2D eigenvalue weighted by Crippen LogP contribution is -2.30. The van der Waals surface area contributed by atoms with Crippen LogP contribution in [0.1, 0.15) is 15.4 Å². The van der Waals surface area contributed by atoms with Gasteiger partial charge < -0.3 is 9.72 Å². The van der Waals surface area contributed by atoms with Crippen molar-refractivity contribution < 1.29 is 22.8 Å². The summed E-state index contributed by atoms with van der Waals surface area (Å²) in [7, 11) is 0. The lowest BCUT2D eigenvalue weighted by molar-refractivity contribution is -0.167. The Labute approximate surface area is 130 Å². The Morgan fingerprint density at radius 3 is 2.65 bits per heavy atom.